The molecule has 6 heterocycles. The number of aromatic nitrogens is 5. The summed E-state index contributed by atoms with van der Waals surface area (Å²) in [6.07, 6.45) is 10.1. The van der Waals surface area contributed by atoms with Crippen LogP contribution in [-0.4, -0.2) is 23.8 Å². The third kappa shape index (κ3) is 7.76. The number of rotatable bonds is 10. The second kappa shape index (κ2) is 17.3. The predicted molar refractivity (Wildman–Crippen MR) is 298 cm³/mol. The molecule has 342 valence electrons. The summed E-state index contributed by atoms with van der Waals surface area (Å²) in [4.78, 5) is 14.9. The Morgan fingerprint density at radius 1 is 0.394 bits per heavy atom. The van der Waals surface area contributed by atoms with E-state index < -0.39 is 0 Å². The number of thiophene rings is 1. The Morgan fingerprint density at radius 3 is 1.59 bits per heavy atom. The van der Waals surface area contributed by atoms with E-state index in [-0.39, 0.29) is 0 Å². The molecular formula is C65H51N5S. The predicted octanol–water partition coefficient (Wildman–Crippen LogP) is 16.5. The van der Waals surface area contributed by atoms with Gasteiger partial charge in [0.1, 0.15) is 11.3 Å². The van der Waals surface area contributed by atoms with Crippen molar-refractivity contribution >= 4 is 64.3 Å². The highest BCUT2D eigenvalue weighted by Crippen LogP contribution is 2.38. The van der Waals surface area contributed by atoms with Crippen LogP contribution in [0.25, 0.3) is 97.6 Å². The zero-order valence-corrected chi connectivity index (χ0v) is 41.2. The average Bonchev–Trinajstić information content (AvgIpc) is 4.04. The lowest BCUT2D eigenvalue weighted by Crippen LogP contribution is -1.98. The van der Waals surface area contributed by atoms with Crippen molar-refractivity contribution in [3.8, 4) is 44.6 Å². The van der Waals surface area contributed by atoms with Crippen molar-refractivity contribution < 1.29 is 0 Å². The van der Waals surface area contributed by atoms with Crippen molar-refractivity contribution in [2.75, 3.05) is 0 Å². The molecule has 13 rings (SSSR count). The molecule has 5 nitrogen and oxygen atoms in total. The Morgan fingerprint density at radius 2 is 0.944 bits per heavy atom. The number of fused-ring (bicyclic) bond motifs is 9. The normalized spacial score (nSPS) is 11.9. The summed E-state index contributed by atoms with van der Waals surface area (Å²) < 4.78 is 7.05. The molecule has 0 unspecified atom stereocenters. The highest BCUT2D eigenvalue weighted by atomic mass is 32.1. The Bertz CT molecular complexity index is 4080. The van der Waals surface area contributed by atoms with Crippen LogP contribution in [0.2, 0.25) is 0 Å². The topological polar surface area (TPSA) is 47.5 Å². The lowest BCUT2D eigenvalue weighted by Gasteiger charge is -2.15. The van der Waals surface area contributed by atoms with Crippen LogP contribution in [0.15, 0.2) is 188 Å². The Kier molecular flexibility index (Phi) is 10.5. The van der Waals surface area contributed by atoms with E-state index in [2.05, 4.69) is 219 Å². The Balaban J connectivity index is 0.812. The molecule has 0 atom stereocenters. The largest absolute Gasteiger partial charge is 0.304 e. The minimum absolute atomic E-state index is 0.931. The quantitative estimate of drug-likeness (QED) is 0.137. The second-order valence-corrected chi connectivity index (χ2v) is 20.4. The number of imidazole rings is 2. The molecule has 71 heavy (non-hydrogen) atoms. The van der Waals surface area contributed by atoms with Crippen LogP contribution >= 0.6 is 11.3 Å². The van der Waals surface area contributed by atoms with Gasteiger partial charge in [-0.25, -0.2) is 9.97 Å². The molecule has 0 aliphatic carbocycles. The maximum absolute atomic E-state index is 5.11. The first-order chi connectivity index (χ1) is 34.8. The smallest absolute Gasteiger partial charge is 0.145 e. The molecule has 0 spiro atoms. The zero-order chi connectivity index (χ0) is 47.7. The second-order valence-electron chi connectivity index (χ2n) is 19.3. The van der Waals surface area contributed by atoms with Crippen molar-refractivity contribution in [3.63, 3.8) is 0 Å². The fourth-order valence-corrected chi connectivity index (χ4v) is 11.9. The van der Waals surface area contributed by atoms with E-state index in [4.69, 9.17) is 15.0 Å². The van der Waals surface area contributed by atoms with Gasteiger partial charge in [-0.1, -0.05) is 133 Å². The van der Waals surface area contributed by atoms with Gasteiger partial charge in [0.25, 0.3) is 0 Å². The Labute approximate surface area is 417 Å². The fourth-order valence-electron chi connectivity index (χ4n) is 10.8. The SMILES string of the molecule is Cc1nc2c3ccc(CCc4cc(CCc5ccc6c(ccn7c(C)c(C)nc67)c5)cc(-c5ccccc5-c5ccc(-c6cccc(-c7ccc8c(c7)sc7ccccc78)c6)nc5)c4)cc3ccn2c1C. The van der Waals surface area contributed by atoms with Crippen LogP contribution in [0.4, 0.5) is 0 Å². The van der Waals surface area contributed by atoms with Crippen LogP contribution in [0.3, 0.4) is 0 Å². The van der Waals surface area contributed by atoms with Crippen LogP contribution in [-0.2, 0) is 25.7 Å². The third-order valence-electron chi connectivity index (χ3n) is 14.9. The molecule has 0 saturated carbocycles. The summed E-state index contributed by atoms with van der Waals surface area (Å²) in [7, 11) is 0. The standard InChI is InChI=1S/C65H51N5S/c1-40-42(3)69-30-28-50-33-44(20-24-57(50)64(69)67-40)16-18-46-32-47(19-17-45-21-25-58-51(34-45)29-31-70-43(4)41(2)68-65(58)70)36-54(35-46)56-13-6-5-12-55(56)53-23-27-61(66-39-53)52-11-9-10-48(37-52)49-22-26-60-59-14-7-8-15-62(59)71-63(60)38-49/h5-15,20-39H,16-19H2,1-4H3. The molecule has 0 bridgehead atoms. The highest BCUT2D eigenvalue weighted by Gasteiger charge is 2.15. The average molecular weight is 934 g/mol. The maximum Gasteiger partial charge on any atom is 0.145 e. The highest BCUT2D eigenvalue weighted by molar-refractivity contribution is 7.25. The first-order valence-electron chi connectivity index (χ1n) is 24.7. The van der Waals surface area contributed by atoms with Crippen LogP contribution < -0.4 is 0 Å². The molecule has 0 amide bonds. The third-order valence-corrected chi connectivity index (χ3v) is 16.1. The van der Waals surface area contributed by atoms with E-state index in [0.717, 1.165) is 65.2 Å². The number of pyridine rings is 3. The van der Waals surface area contributed by atoms with E-state index in [9.17, 15) is 0 Å². The van der Waals surface area contributed by atoms with Crippen molar-refractivity contribution in [1.29, 1.82) is 0 Å². The number of nitrogens with zero attached hydrogens (tertiary/aromatic N) is 5. The summed E-state index contributed by atoms with van der Waals surface area (Å²) >= 11 is 1.86. The van der Waals surface area contributed by atoms with Crippen molar-refractivity contribution in [2.45, 2.75) is 53.4 Å². The van der Waals surface area contributed by atoms with E-state index in [1.807, 2.05) is 17.5 Å². The van der Waals surface area contributed by atoms with E-state index in [0.29, 0.717) is 0 Å². The summed E-state index contributed by atoms with van der Waals surface area (Å²) in [5.41, 5.74) is 21.1. The number of hydrogen-bond donors (Lipinski definition) is 0. The molecule has 0 aliphatic rings. The first-order valence-corrected chi connectivity index (χ1v) is 25.5. The zero-order valence-electron chi connectivity index (χ0n) is 40.4. The fraction of sp³-hybridized carbons (Fsp3) is 0.123. The van der Waals surface area contributed by atoms with Gasteiger partial charge in [-0.05, 0) is 151 Å². The number of aryl methyl sites for hydroxylation is 8. The Hall–Kier alpha value is -8.19. The molecule has 7 aromatic carbocycles. The van der Waals surface area contributed by atoms with E-state index in [1.165, 1.54) is 103 Å². The van der Waals surface area contributed by atoms with Gasteiger partial charge in [-0.15, -0.1) is 11.3 Å². The van der Waals surface area contributed by atoms with Gasteiger partial charge in [0.05, 0.1) is 17.1 Å². The lowest BCUT2D eigenvalue weighted by atomic mass is 9.90. The molecular weight excluding hydrogens is 883 g/mol. The molecule has 0 aliphatic heterocycles. The van der Waals surface area contributed by atoms with Gasteiger partial charge in [0.15, 0.2) is 0 Å². The minimum atomic E-state index is 0.931. The van der Waals surface area contributed by atoms with Crippen molar-refractivity contribution in [1.82, 2.24) is 23.8 Å². The molecule has 6 aromatic heterocycles. The summed E-state index contributed by atoms with van der Waals surface area (Å²) in [5, 5.41) is 7.49. The first kappa shape index (κ1) is 42.9. The van der Waals surface area contributed by atoms with Crippen molar-refractivity contribution in [3.05, 3.63) is 233 Å². The number of hydrogen-bond acceptors (Lipinski definition) is 4. The maximum atomic E-state index is 5.11. The minimum Gasteiger partial charge on any atom is -0.304 e. The van der Waals surface area contributed by atoms with Gasteiger partial charge in [-0.2, -0.15) is 0 Å². The van der Waals surface area contributed by atoms with Gasteiger partial charge in [0, 0.05) is 72.1 Å². The molecule has 0 fully saturated rings. The van der Waals surface area contributed by atoms with Crippen LogP contribution in [0, 0.1) is 27.7 Å². The molecule has 0 radical (unpaired) electrons. The molecule has 6 heteroatoms. The molecule has 13 aromatic rings. The summed E-state index contributed by atoms with van der Waals surface area (Å²) in [6, 6.07) is 63.1. The van der Waals surface area contributed by atoms with Gasteiger partial charge in [-0.3, -0.25) is 4.98 Å². The van der Waals surface area contributed by atoms with Crippen molar-refractivity contribution in [2.24, 2.45) is 0 Å². The monoisotopic (exact) mass is 933 g/mol. The van der Waals surface area contributed by atoms with Crippen LogP contribution in [0.5, 0.6) is 0 Å². The summed E-state index contributed by atoms with van der Waals surface area (Å²) in [6.45, 7) is 8.46. The van der Waals surface area contributed by atoms with Gasteiger partial charge in [0.2, 0.25) is 0 Å². The summed E-state index contributed by atoms with van der Waals surface area (Å²) in [5.74, 6) is 0. The van der Waals surface area contributed by atoms with E-state index >= 15 is 0 Å². The van der Waals surface area contributed by atoms with Gasteiger partial charge < -0.3 is 8.80 Å². The van der Waals surface area contributed by atoms with Crippen LogP contribution in [0.1, 0.15) is 45.0 Å². The lowest BCUT2D eigenvalue weighted by molar-refractivity contribution is 0.933. The van der Waals surface area contributed by atoms with Gasteiger partial charge >= 0.3 is 0 Å². The number of benzene rings is 7. The molecule has 0 N–H and O–H groups in total. The molecule has 0 saturated heterocycles. The van der Waals surface area contributed by atoms with E-state index in [1.54, 1.807) is 0 Å².